The van der Waals surface area contributed by atoms with E-state index in [1.165, 1.54) is 0 Å². The third-order valence-corrected chi connectivity index (χ3v) is 4.28. The van der Waals surface area contributed by atoms with Crippen LogP contribution in [-0.4, -0.2) is 57.3 Å². The number of hydrogen-bond donors (Lipinski definition) is 2. The first-order chi connectivity index (χ1) is 12.3. The standard InChI is InChI=1S/C18H27N3O4.HI/c1-2-8-19-17(20-9-5-15-4-3-10-23-15)21-13-16-14-24-18(25-16)6-11-22-12-7-18;/h2-4,10,16H,1,5-9,11-14H2,(H2,19,20,21);1H. The summed E-state index contributed by atoms with van der Waals surface area (Å²) >= 11 is 0. The SMILES string of the molecule is C=CCNC(=NCC1COC2(CCOCC2)O1)NCCc1ccco1.I. The second-order valence-electron chi connectivity index (χ2n) is 6.19. The first-order valence-corrected chi connectivity index (χ1v) is 8.85. The van der Waals surface area contributed by atoms with Crippen molar-refractivity contribution >= 4 is 29.9 Å². The summed E-state index contributed by atoms with van der Waals surface area (Å²) in [5.74, 6) is 1.23. The molecule has 0 aromatic carbocycles. The summed E-state index contributed by atoms with van der Waals surface area (Å²) in [5.41, 5.74) is 0. The monoisotopic (exact) mass is 477 g/mol. The highest BCUT2D eigenvalue weighted by Crippen LogP contribution is 2.33. The molecule has 1 unspecified atom stereocenters. The Morgan fingerprint density at radius 1 is 1.35 bits per heavy atom. The summed E-state index contributed by atoms with van der Waals surface area (Å²) in [6, 6.07) is 3.86. The molecule has 1 aromatic heterocycles. The highest BCUT2D eigenvalue weighted by molar-refractivity contribution is 14.0. The fourth-order valence-corrected chi connectivity index (χ4v) is 2.95. The number of furan rings is 1. The molecule has 2 aliphatic heterocycles. The van der Waals surface area contributed by atoms with Crippen molar-refractivity contribution in [3.63, 3.8) is 0 Å². The van der Waals surface area contributed by atoms with Crippen molar-refractivity contribution in [3.05, 3.63) is 36.8 Å². The molecule has 2 saturated heterocycles. The van der Waals surface area contributed by atoms with Gasteiger partial charge in [-0.2, -0.15) is 0 Å². The smallest absolute Gasteiger partial charge is 0.191 e. The fraction of sp³-hybridized carbons (Fsp3) is 0.611. The Hall–Kier alpha value is -1.10. The molecule has 1 atom stereocenters. The van der Waals surface area contributed by atoms with Crippen LogP contribution in [0.15, 0.2) is 40.5 Å². The van der Waals surface area contributed by atoms with Crippen molar-refractivity contribution in [1.82, 2.24) is 10.6 Å². The first-order valence-electron chi connectivity index (χ1n) is 8.85. The van der Waals surface area contributed by atoms with E-state index >= 15 is 0 Å². The van der Waals surface area contributed by atoms with Crippen LogP contribution in [-0.2, 0) is 20.6 Å². The van der Waals surface area contributed by atoms with E-state index in [0.29, 0.717) is 32.9 Å². The van der Waals surface area contributed by atoms with Crippen LogP contribution in [0.5, 0.6) is 0 Å². The van der Waals surface area contributed by atoms with Crippen LogP contribution in [0.2, 0.25) is 0 Å². The molecule has 0 saturated carbocycles. The van der Waals surface area contributed by atoms with Gasteiger partial charge in [-0.25, -0.2) is 0 Å². The van der Waals surface area contributed by atoms with Crippen LogP contribution in [0.1, 0.15) is 18.6 Å². The van der Waals surface area contributed by atoms with Crippen LogP contribution in [0.4, 0.5) is 0 Å². The highest BCUT2D eigenvalue weighted by atomic mass is 127. The van der Waals surface area contributed by atoms with Gasteiger partial charge >= 0.3 is 0 Å². The van der Waals surface area contributed by atoms with E-state index in [9.17, 15) is 0 Å². The summed E-state index contributed by atoms with van der Waals surface area (Å²) in [7, 11) is 0. The topological polar surface area (TPSA) is 77.3 Å². The zero-order valence-electron chi connectivity index (χ0n) is 14.9. The quantitative estimate of drug-likeness (QED) is 0.271. The number of hydrogen-bond acceptors (Lipinski definition) is 5. The van der Waals surface area contributed by atoms with Gasteiger partial charge in [0, 0.05) is 32.4 Å². The molecule has 0 bridgehead atoms. The number of rotatable bonds is 7. The Morgan fingerprint density at radius 2 is 2.19 bits per heavy atom. The van der Waals surface area contributed by atoms with Gasteiger partial charge < -0.3 is 29.3 Å². The normalized spacial score (nSPS) is 22.0. The molecule has 0 amide bonds. The highest BCUT2D eigenvalue weighted by Gasteiger charge is 2.42. The molecule has 1 aromatic rings. The minimum atomic E-state index is -0.458. The lowest BCUT2D eigenvalue weighted by atomic mass is 10.1. The van der Waals surface area contributed by atoms with Gasteiger partial charge in [0.2, 0.25) is 0 Å². The van der Waals surface area contributed by atoms with Gasteiger partial charge in [-0.15, -0.1) is 30.6 Å². The summed E-state index contributed by atoms with van der Waals surface area (Å²) < 4.78 is 22.7. The third kappa shape index (κ3) is 6.26. The molecule has 26 heavy (non-hydrogen) atoms. The van der Waals surface area contributed by atoms with E-state index < -0.39 is 5.79 Å². The second-order valence-corrected chi connectivity index (χ2v) is 6.19. The van der Waals surface area contributed by atoms with Crippen molar-refractivity contribution in [2.75, 3.05) is 39.5 Å². The molecule has 0 radical (unpaired) electrons. The van der Waals surface area contributed by atoms with Crippen molar-refractivity contribution in [3.8, 4) is 0 Å². The minimum absolute atomic E-state index is 0. The lowest BCUT2D eigenvalue weighted by Crippen LogP contribution is -2.40. The van der Waals surface area contributed by atoms with Crippen LogP contribution in [0, 0.1) is 0 Å². The molecule has 7 nitrogen and oxygen atoms in total. The van der Waals surface area contributed by atoms with Crippen LogP contribution in [0.25, 0.3) is 0 Å². The molecule has 1 spiro atoms. The lowest BCUT2D eigenvalue weighted by Gasteiger charge is -2.31. The average molecular weight is 477 g/mol. The van der Waals surface area contributed by atoms with Gasteiger partial charge in [0.1, 0.15) is 11.9 Å². The Balaban J connectivity index is 0.00000243. The van der Waals surface area contributed by atoms with Gasteiger partial charge in [0.25, 0.3) is 0 Å². The van der Waals surface area contributed by atoms with Gasteiger partial charge in [-0.05, 0) is 12.1 Å². The van der Waals surface area contributed by atoms with Crippen molar-refractivity contribution in [2.24, 2.45) is 4.99 Å². The number of aliphatic imine (C=N–C) groups is 1. The van der Waals surface area contributed by atoms with E-state index in [2.05, 4.69) is 22.2 Å². The molecule has 146 valence electrons. The second kappa shape index (κ2) is 10.9. The fourth-order valence-electron chi connectivity index (χ4n) is 2.95. The van der Waals surface area contributed by atoms with Crippen LogP contribution in [0.3, 0.4) is 0 Å². The van der Waals surface area contributed by atoms with Crippen molar-refractivity contribution in [2.45, 2.75) is 31.2 Å². The van der Waals surface area contributed by atoms with Crippen molar-refractivity contribution in [1.29, 1.82) is 0 Å². The molecule has 8 heteroatoms. The molecular formula is C18H28IN3O4. The van der Waals surface area contributed by atoms with Crippen molar-refractivity contribution < 1.29 is 18.6 Å². The molecule has 3 heterocycles. The van der Waals surface area contributed by atoms with Gasteiger partial charge in [0.05, 0.1) is 32.6 Å². The summed E-state index contributed by atoms with van der Waals surface area (Å²) in [6.45, 7) is 7.62. The van der Waals surface area contributed by atoms with Gasteiger partial charge in [-0.1, -0.05) is 6.08 Å². The summed E-state index contributed by atoms with van der Waals surface area (Å²) in [4.78, 5) is 4.62. The Labute approximate surface area is 171 Å². The zero-order chi connectivity index (χ0) is 17.4. The molecule has 2 N–H and O–H groups in total. The Kier molecular flexibility index (Phi) is 8.89. The number of nitrogens with one attached hydrogen (secondary N) is 2. The van der Waals surface area contributed by atoms with E-state index in [4.69, 9.17) is 18.6 Å². The summed E-state index contributed by atoms with van der Waals surface area (Å²) in [5, 5.41) is 6.52. The minimum Gasteiger partial charge on any atom is -0.469 e. The largest absolute Gasteiger partial charge is 0.469 e. The van der Waals surface area contributed by atoms with Crippen LogP contribution >= 0.6 is 24.0 Å². The Morgan fingerprint density at radius 3 is 2.92 bits per heavy atom. The summed E-state index contributed by atoms with van der Waals surface area (Å²) in [6.07, 6.45) is 5.84. The maximum atomic E-state index is 6.11. The average Bonchev–Trinajstić information content (AvgIpc) is 3.28. The zero-order valence-corrected chi connectivity index (χ0v) is 17.3. The number of guanidine groups is 1. The number of ether oxygens (including phenoxy) is 3. The maximum Gasteiger partial charge on any atom is 0.191 e. The van der Waals surface area contributed by atoms with E-state index in [1.807, 2.05) is 12.1 Å². The predicted octanol–water partition coefficient (Wildman–Crippen LogP) is 2.08. The lowest BCUT2D eigenvalue weighted by molar-refractivity contribution is -0.210. The molecule has 2 fully saturated rings. The third-order valence-electron chi connectivity index (χ3n) is 4.28. The molecule has 3 rings (SSSR count). The van der Waals surface area contributed by atoms with Gasteiger partial charge in [0.15, 0.2) is 11.7 Å². The number of nitrogens with zero attached hydrogens (tertiary/aromatic N) is 1. The van der Waals surface area contributed by atoms with Gasteiger partial charge in [-0.3, -0.25) is 4.99 Å². The molecule has 0 aliphatic carbocycles. The Bertz CT molecular complexity index is 559. The first kappa shape index (κ1) is 21.2. The number of halogens is 1. The predicted molar refractivity (Wildman–Crippen MR) is 110 cm³/mol. The van der Waals surface area contributed by atoms with E-state index in [-0.39, 0.29) is 30.1 Å². The maximum absolute atomic E-state index is 6.11. The van der Waals surface area contributed by atoms with Crippen LogP contribution < -0.4 is 10.6 Å². The molecule has 2 aliphatic rings. The van der Waals surface area contributed by atoms with E-state index in [0.717, 1.165) is 37.5 Å². The molecular weight excluding hydrogens is 449 g/mol. The van der Waals surface area contributed by atoms with E-state index in [1.54, 1.807) is 12.3 Å².